The number of para-hydroxylation sites is 1. The number of nitrogens with zero attached hydrogens (tertiary/aromatic N) is 2. The molecule has 4 heteroatoms. The van der Waals surface area contributed by atoms with E-state index in [2.05, 4.69) is 0 Å². The van der Waals surface area contributed by atoms with E-state index in [1.165, 1.54) is 0 Å². The lowest BCUT2D eigenvalue weighted by molar-refractivity contribution is -0.117. The van der Waals surface area contributed by atoms with Crippen molar-refractivity contribution in [3.63, 3.8) is 0 Å². The Bertz CT molecular complexity index is 787. The topological polar surface area (TPSA) is 40.6 Å². The molecule has 0 spiro atoms. The molecule has 2 aromatic carbocycles. The molecule has 0 bridgehead atoms. The first kappa shape index (κ1) is 14.0. The maximum absolute atomic E-state index is 13.1. The van der Waals surface area contributed by atoms with Gasteiger partial charge in [0.2, 0.25) is 5.91 Å². The van der Waals surface area contributed by atoms with Crippen LogP contribution in [0.25, 0.3) is 0 Å². The number of carbonyl (C=O) groups excluding carboxylic acids is 2. The highest BCUT2D eigenvalue weighted by atomic mass is 16.2. The van der Waals surface area contributed by atoms with Crippen molar-refractivity contribution in [2.75, 3.05) is 4.90 Å². The monoisotopic (exact) mass is 306 g/mol. The molecule has 4 nitrogen and oxygen atoms in total. The van der Waals surface area contributed by atoms with Crippen LogP contribution in [0.2, 0.25) is 0 Å². The molecular formula is C19H18N2O2. The SMILES string of the molecule is CC12CCC(=O)N1c1ccccc1C(=O)N2Cc1ccccc1. The Morgan fingerprint density at radius 3 is 2.48 bits per heavy atom. The minimum Gasteiger partial charge on any atom is -0.311 e. The predicted molar refractivity (Wildman–Crippen MR) is 87.9 cm³/mol. The standard InChI is InChI=1S/C19H18N2O2/c1-19-12-11-17(22)21(19)16-10-6-5-9-15(16)18(23)20(19)13-14-7-3-2-4-8-14/h2-10H,11-13H2,1H3. The summed E-state index contributed by atoms with van der Waals surface area (Å²) in [5.41, 5.74) is 1.84. The number of rotatable bonds is 2. The molecule has 1 fully saturated rings. The van der Waals surface area contributed by atoms with Crippen molar-refractivity contribution in [2.24, 2.45) is 0 Å². The fraction of sp³-hybridized carbons (Fsp3) is 0.263. The number of anilines is 1. The highest BCUT2D eigenvalue weighted by molar-refractivity contribution is 6.10. The molecule has 0 saturated carbocycles. The van der Waals surface area contributed by atoms with E-state index in [9.17, 15) is 9.59 Å². The van der Waals surface area contributed by atoms with Gasteiger partial charge in [-0.15, -0.1) is 0 Å². The first-order chi connectivity index (χ1) is 11.1. The third-order valence-corrected chi connectivity index (χ3v) is 4.93. The van der Waals surface area contributed by atoms with Crippen LogP contribution in [0.4, 0.5) is 5.69 Å². The Labute approximate surface area is 135 Å². The first-order valence-corrected chi connectivity index (χ1v) is 7.89. The maximum atomic E-state index is 13.1. The van der Waals surface area contributed by atoms with Gasteiger partial charge >= 0.3 is 0 Å². The summed E-state index contributed by atoms with van der Waals surface area (Å²) in [4.78, 5) is 29.2. The van der Waals surface area contributed by atoms with E-state index >= 15 is 0 Å². The second-order valence-electron chi connectivity index (χ2n) is 6.34. The zero-order valence-corrected chi connectivity index (χ0v) is 13.0. The smallest absolute Gasteiger partial charge is 0.258 e. The van der Waals surface area contributed by atoms with Crippen molar-refractivity contribution in [1.29, 1.82) is 0 Å². The van der Waals surface area contributed by atoms with Gasteiger partial charge in [0.05, 0.1) is 11.3 Å². The van der Waals surface area contributed by atoms with Gasteiger partial charge in [0.15, 0.2) is 0 Å². The van der Waals surface area contributed by atoms with Gasteiger partial charge in [-0.25, -0.2) is 0 Å². The number of fused-ring (bicyclic) bond motifs is 3. The van der Waals surface area contributed by atoms with E-state index in [4.69, 9.17) is 0 Å². The minimum absolute atomic E-state index is 0.00194. The number of amides is 2. The van der Waals surface area contributed by atoms with Crippen LogP contribution in [0, 0.1) is 0 Å². The van der Waals surface area contributed by atoms with Crippen molar-refractivity contribution in [3.8, 4) is 0 Å². The number of hydrogen-bond acceptors (Lipinski definition) is 2. The van der Waals surface area contributed by atoms with E-state index in [0.29, 0.717) is 24.9 Å². The van der Waals surface area contributed by atoms with Gasteiger partial charge in [0, 0.05) is 13.0 Å². The van der Waals surface area contributed by atoms with E-state index in [1.807, 2.05) is 65.3 Å². The molecule has 2 amide bonds. The molecule has 0 aliphatic carbocycles. The molecule has 116 valence electrons. The minimum atomic E-state index is -0.585. The summed E-state index contributed by atoms with van der Waals surface area (Å²) >= 11 is 0. The number of hydrogen-bond donors (Lipinski definition) is 0. The van der Waals surface area contributed by atoms with E-state index in [0.717, 1.165) is 11.3 Å². The van der Waals surface area contributed by atoms with E-state index in [1.54, 1.807) is 6.07 Å². The van der Waals surface area contributed by atoms with Crippen LogP contribution in [0.3, 0.4) is 0 Å². The number of benzene rings is 2. The zero-order valence-electron chi connectivity index (χ0n) is 13.0. The summed E-state index contributed by atoms with van der Waals surface area (Å²) in [7, 11) is 0. The Morgan fingerprint density at radius 1 is 1.00 bits per heavy atom. The molecule has 23 heavy (non-hydrogen) atoms. The van der Waals surface area contributed by atoms with Crippen molar-refractivity contribution < 1.29 is 9.59 Å². The van der Waals surface area contributed by atoms with Gasteiger partial charge in [-0.3, -0.25) is 14.5 Å². The van der Waals surface area contributed by atoms with Crippen LogP contribution in [0.15, 0.2) is 54.6 Å². The highest BCUT2D eigenvalue weighted by Crippen LogP contribution is 2.44. The Hall–Kier alpha value is -2.62. The normalized spacial score (nSPS) is 23.0. The molecule has 0 N–H and O–H groups in total. The molecule has 1 atom stereocenters. The molecule has 1 saturated heterocycles. The fourth-order valence-corrected chi connectivity index (χ4v) is 3.71. The van der Waals surface area contributed by atoms with Gasteiger partial charge in [0.25, 0.3) is 5.91 Å². The van der Waals surface area contributed by atoms with E-state index in [-0.39, 0.29) is 11.8 Å². The second kappa shape index (κ2) is 4.95. The van der Waals surface area contributed by atoms with Crippen molar-refractivity contribution in [2.45, 2.75) is 32.0 Å². The Kier molecular flexibility index (Phi) is 3.01. The second-order valence-corrected chi connectivity index (χ2v) is 6.34. The largest absolute Gasteiger partial charge is 0.311 e. The predicted octanol–water partition coefficient (Wildman–Crippen LogP) is 3.19. The third-order valence-electron chi connectivity index (χ3n) is 4.93. The lowest BCUT2D eigenvalue weighted by Gasteiger charge is -2.48. The van der Waals surface area contributed by atoms with Crippen LogP contribution in [-0.2, 0) is 11.3 Å². The summed E-state index contributed by atoms with van der Waals surface area (Å²) < 4.78 is 0. The quantitative estimate of drug-likeness (QED) is 0.855. The number of carbonyl (C=O) groups is 2. The lowest BCUT2D eigenvalue weighted by Crippen LogP contribution is -2.61. The van der Waals surface area contributed by atoms with Crippen LogP contribution < -0.4 is 4.90 Å². The average molecular weight is 306 g/mol. The molecule has 2 aliphatic heterocycles. The molecule has 2 aliphatic rings. The third kappa shape index (κ3) is 1.98. The molecule has 2 heterocycles. The van der Waals surface area contributed by atoms with Crippen molar-refractivity contribution in [1.82, 2.24) is 4.90 Å². The van der Waals surface area contributed by atoms with E-state index < -0.39 is 5.66 Å². The maximum Gasteiger partial charge on any atom is 0.258 e. The molecule has 0 radical (unpaired) electrons. The zero-order chi connectivity index (χ0) is 16.0. The summed E-state index contributed by atoms with van der Waals surface area (Å²) in [5, 5.41) is 0. The molecular weight excluding hydrogens is 288 g/mol. The van der Waals surface area contributed by atoms with Crippen LogP contribution in [0.1, 0.15) is 35.7 Å². The summed E-state index contributed by atoms with van der Waals surface area (Å²) in [5.74, 6) is 0.0865. The van der Waals surface area contributed by atoms with Crippen LogP contribution >= 0.6 is 0 Å². The van der Waals surface area contributed by atoms with Crippen LogP contribution in [-0.4, -0.2) is 22.4 Å². The van der Waals surface area contributed by atoms with Gasteiger partial charge in [0.1, 0.15) is 5.66 Å². The van der Waals surface area contributed by atoms with Gasteiger partial charge in [-0.05, 0) is 31.0 Å². The average Bonchev–Trinajstić information content (AvgIpc) is 2.89. The highest BCUT2D eigenvalue weighted by Gasteiger charge is 2.52. The molecule has 1 unspecified atom stereocenters. The lowest BCUT2D eigenvalue weighted by atomic mass is 9.97. The first-order valence-electron chi connectivity index (χ1n) is 7.89. The van der Waals surface area contributed by atoms with Crippen molar-refractivity contribution in [3.05, 3.63) is 65.7 Å². The Morgan fingerprint density at radius 2 is 1.70 bits per heavy atom. The molecule has 4 rings (SSSR count). The molecule has 2 aromatic rings. The summed E-state index contributed by atoms with van der Waals surface area (Å²) in [6.07, 6.45) is 1.14. The summed E-state index contributed by atoms with van der Waals surface area (Å²) in [6.45, 7) is 2.50. The summed E-state index contributed by atoms with van der Waals surface area (Å²) in [6, 6.07) is 17.3. The van der Waals surface area contributed by atoms with Gasteiger partial charge < -0.3 is 4.90 Å². The van der Waals surface area contributed by atoms with Gasteiger partial charge in [-0.2, -0.15) is 0 Å². The van der Waals surface area contributed by atoms with Crippen LogP contribution in [0.5, 0.6) is 0 Å². The Balaban J connectivity index is 1.83. The van der Waals surface area contributed by atoms with Gasteiger partial charge in [-0.1, -0.05) is 42.5 Å². The van der Waals surface area contributed by atoms with Crippen molar-refractivity contribution >= 4 is 17.5 Å². The molecule has 0 aromatic heterocycles. The fourth-order valence-electron chi connectivity index (χ4n) is 3.71.